The number of nitrogens with one attached hydrogen (secondary N) is 1. The Kier molecular flexibility index (Phi) is 3.59. The molecular formula is C12H12F2N4. The number of aryl methyl sites for hydroxylation is 1. The Morgan fingerprint density at radius 3 is 2.17 bits per heavy atom. The van der Waals surface area contributed by atoms with Gasteiger partial charge >= 0.3 is 0 Å². The Balaban J connectivity index is 2.41. The second-order valence-electron chi connectivity index (χ2n) is 3.92. The predicted octanol–water partition coefficient (Wildman–Crippen LogP) is 1.62. The van der Waals surface area contributed by atoms with Crippen molar-refractivity contribution in [3.8, 4) is 0 Å². The highest BCUT2D eigenvalue weighted by Crippen LogP contribution is 2.20. The highest BCUT2D eigenvalue weighted by Gasteiger charge is 2.17. The summed E-state index contributed by atoms with van der Waals surface area (Å²) in [5, 5.41) is 0. The second-order valence-corrected chi connectivity index (χ2v) is 3.92. The molecule has 1 atom stereocenters. The number of rotatable bonds is 3. The number of aromatic nitrogens is 2. The average molecular weight is 250 g/mol. The first-order valence-electron chi connectivity index (χ1n) is 5.31. The van der Waals surface area contributed by atoms with Crippen molar-refractivity contribution in [1.29, 1.82) is 0 Å². The van der Waals surface area contributed by atoms with Crippen LogP contribution in [0, 0.1) is 18.6 Å². The summed E-state index contributed by atoms with van der Waals surface area (Å²) in [5.41, 5.74) is 3.67. The number of hydrogen-bond acceptors (Lipinski definition) is 4. The molecule has 0 radical (unpaired) electrons. The van der Waals surface area contributed by atoms with Crippen molar-refractivity contribution in [2.45, 2.75) is 13.0 Å². The van der Waals surface area contributed by atoms with Crippen molar-refractivity contribution >= 4 is 0 Å². The van der Waals surface area contributed by atoms with Crippen LogP contribution in [0.25, 0.3) is 0 Å². The first-order chi connectivity index (χ1) is 8.60. The van der Waals surface area contributed by atoms with Gasteiger partial charge in [0.05, 0.1) is 0 Å². The minimum Gasteiger partial charge on any atom is -0.270 e. The molecule has 0 fully saturated rings. The monoisotopic (exact) mass is 250 g/mol. The van der Waals surface area contributed by atoms with E-state index in [4.69, 9.17) is 5.84 Å². The molecule has 3 N–H and O–H groups in total. The lowest BCUT2D eigenvalue weighted by Crippen LogP contribution is -2.30. The second kappa shape index (κ2) is 5.16. The maximum absolute atomic E-state index is 13.2. The van der Waals surface area contributed by atoms with E-state index in [1.165, 1.54) is 12.1 Å². The molecule has 2 rings (SSSR count). The van der Waals surface area contributed by atoms with Gasteiger partial charge in [-0.1, -0.05) is 0 Å². The van der Waals surface area contributed by atoms with Gasteiger partial charge in [-0.25, -0.2) is 24.2 Å². The van der Waals surface area contributed by atoms with Gasteiger partial charge in [-0.15, -0.1) is 0 Å². The van der Waals surface area contributed by atoms with Crippen LogP contribution >= 0.6 is 0 Å². The highest BCUT2D eigenvalue weighted by molar-refractivity contribution is 5.26. The Bertz CT molecular complexity index is 522. The topological polar surface area (TPSA) is 63.8 Å². The van der Waals surface area contributed by atoms with Crippen LogP contribution in [0.2, 0.25) is 0 Å². The Hall–Kier alpha value is -1.92. The molecule has 1 heterocycles. The summed E-state index contributed by atoms with van der Waals surface area (Å²) in [5.74, 6) is 4.42. The van der Waals surface area contributed by atoms with Gasteiger partial charge in [0.15, 0.2) is 5.82 Å². The summed E-state index contributed by atoms with van der Waals surface area (Å²) >= 11 is 0. The van der Waals surface area contributed by atoms with E-state index in [0.29, 0.717) is 11.4 Å². The van der Waals surface area contributed by atoms with E-state index in [9.17, 15) is 8.78 Å². The van der Waals surface area contributed by atoms with E-state index < -0.39 is 17.7 Å². The molecule has 0 amide bonds. The fraction of sp³-hybridized carbons (Fsp3) is 0.167. The van der Waals surface area contributed by atoms with E-state index in [1.54, 1.807) is 12.4 Å². The molecule has 1 unspecified atom stereocenters. The molecule has 0 aliphatic carbocycles. The molecule has 0 saturated heterocycles. The van der Waals surface area contributed by atoms with Crippen LogP contribution in [0.1, 0.15) is 23.0 Å². The first-order valence-corrected chi connectivity index (χ1v) is 5.31. The zero-order valence-corrected chi connectivity index (χ0v) is 9.69. The number of hydrazine groups is 1. The third-order valence-corrected chi connectivity index (χ3v) is 2.44. The molecule has 2 aromatic rings. The van der Waals surface area contributed by atoms with Crippen LogP contribution in [0.4, 0.5) is 8.78 Å². The standard InChI is InChI=1S/C12H12F2N4/c1-7-5-16-12(17-6-7)11(18-15)8-2-9(13)4-10(14)3-8/h2-6,11,18H,15H2,1H3. The summed E-state index contributed by atoms with van der Waals surface area (Å²) in [6.45, 7) is 1.84. The molecule has 6 heteroatoms. The van der Waals surface area contributed by atoms with Crippen LogP contribution in [0.5, 0.6) is 0 Å². The lowest BCUT2D eigenvalue weighted by atomic mass is 10.1. The van der Waals surface area contributed by atoms with Crippen LogP contribution in [-0.2, 0) is 0 Å². The third kappa shape index (κ3) is 2.66. The number of nitrogens with two attached hydrogens (primary N) is 1. The molecule has 4 nitrogen and oxygen atoms in total. The van der Waals surface area contributed by atoms with E-state index in [2.05, 4.69) is 15.4 Å². The van der Waals surface area contributed by atoms with Crippen LogP contribution < -0.4 is 11.3 Å². The smallest absolute Gasteiger partial charge is 0.150 e. The number of hydrogen-bond donors (Lipinski definition) is 2. The first kappa shape index (κ1) is 12.5. The lowest BCUT2D eigenvalue weighted by molar-refractivity contribution is 0.557. The summed E-state index contributed by atoms with van der Waals surface area (Å²) in [6.07, 6.45) is 3.23. The quantitative estimate of drug-likeness (QED) is 0.641. The summed E-state index contributed by atoms with van der Waals surface area (Å²) in [4.78, 5) is 8.17. The van der Waals surface area contributed by atoms with E-state index in [-0.39, 0.29) is 0 Å². The zero-order valence-electron chi connectivity index (χ0n) is 9.69. The molecular weight excluding hydrogens is 238 g/mol. The lowest BCUT2D eigenvalue weighted by Gasteiger charge is -2.15. The van der Waals surface area contributed by atoms with Crippen molar-refractivity contribution in [3.05, 3.63) is 59.2 Å². The molecule has 18 heavy (non-hydrogen) atoms. The summed E-state index contributed by atoms with van der Waals surface area (Å²) < 4.78 is 26.3. The van der Waals surface area contributed by atoms with Gasteiger partial charge in [-0.3, -0.25) is 5.84 Å². The van der Waals surface area contributed by atoms with Crippen molar-refractivity contribution in [2.24, 2.45) is 5.84 Å². The van der Waals surface area contributed by atoms with Crippen molar-refractivity contribution in [1.82, 2.24) is 15.4 Å². The molecule has 1 aromatic carbocycles. The van der Waals surface area contributed by atoms with Gasteiger partial charge in [0.25, 0.3) is 0 Å². The Labute approximate surface area is 103 Å². The molecule has 0 aliphatic rings. The normalized spacial score (nSPS) is 12.4. The van der Waals surface area contributed by atoms with Gasteiger partial charge in [0.2, 0.25) is 0 Å². The number of nitrogens with zero attached hydrogens (tertiary/aromatic N) is 2. The maximum atomic E-state index is 13.2. The van der Waals surface area contributed by atoms with Crippen LogP contribution in [0.3, 0.4) is 0 Å². The third-order valence-electron chi connectivity index (χ3n) is 2.44. The van der Waals surface area contributed by atoms with E-state index in [0.717, 1.165) is 11.6 Å². The largest absolute Gasteiger partial charge is 0.270 e. The molecule has 0 aliphatic heterocycles. The molecule has 0 spiro atoms. The van der Waals surface area contributed by atoms with Crippen LogP contribution in [-0.4, -0.2) is 9.97 Å². The summed E-state index contributed by atoms with van der Waals surface area (Å²) in [6, 6.07) is 2.52. The van der Waals surface area contributed by atoms with Gasteiger partial charge in [0.1, 0.15) is 17.7 Å². The van der Waals surface area contributed by atoms with Gasteiger partial charge < -0.3 is 0 Å². The van der Waals surface area contributed by atoms with Crippen molar-refractivity contribution < 1.29 is 8.78 Å². The minimum atomic E-state index is -0.669. The average Bonchev–Trinajstić information content (AvgIpc) is 2.31. The molecule has 94 valence electrons. The fourth-order valence-electron chi connectivity index (χ4n) is 1.61. The van der Waals surface area contributed by atoms with Crippen molar-refractivity contribution in [2.75, 3.05) is 0 Å². The number of benzene rings is 1. The number of halogens is 2. The zero-order chi connectivity index (χ0) is 13.1. The Morgan fingerprint density at radius 2 is 1.67 bits per heavy atom. The SMILES string of the molecule is Cc1cnc(C(NN)c2cc(F)cc(F)c2)nc1. The molecule has 1 aromatic heterocycles. The van der Waals surface area contributed by atoms with E-state index >= 15 is 0 Å². The minimum absolute atomic E-state index is 0.332. The fourth-order valence-corrected chi connectivity index (χ4v) is 1.61. The van der Waals surface area contributed by atoms with Crippen molar-refractivity contribution in [3.63, 3.8) is 0 Å². The van der Waals surface area contributed by atoms with Gasteiger partial charge in [0, 0.05) is 18.5 Å². The molecule has 0 saturated carbocycles. The van der Waals surface area contributed by atoms with Crippen LogP contribution in [0.15, 0.2) is 30.6 Å². The Morgan fingerprint density at radius 1 is 1.11 bits per heavy atom. The summed E-state index contributed by atoms with van der Waals surface area (Å²) in [7, 11) is 0. The maximum Gasteiger partial charge on any atom is 0.150 e. The van der Waals surface area contributed by atoms with Gasteiger partial charge in [-0.2, -0.15) is 0 Å². The van der Waals surface area contributed by atoms with E-state index in [1.807, 2.05) is 6.92 Å². The predicted molar refractivity (Wildman–Crippen MR) is 62.3 cm³/mol. The molecule has 0 bridgehead atoms. The van der Waals surface area contributed by atoms with Gasteiger partial charge in [-0.05, 0) is 30.2 Å². The highest BCUT2D eigenvalue weighted by atomic mass is 19.1.